The molecule has 0 aliphatic carbocycles. The maximum atomic E-state index is 12.4. The highest BCUT2D eigenvalue weighted by Gasteiger charge is 2.10. The maximum absolute atomic E-state index is 12.4. The second-order valence-electron chi connectivity index (χ2n) is 11.2. The molecule has 0 unspecified atom stereocenters. The van der Waals surface area contributed by atoms with Crippen LogP contribution in [0, 0.1) is 0 Å². The topological polar surface area (TPSA) is 110 Å². The average Bonchev–Trinajstić information content (AvgIpc) is 3.11. The van der Waals surface area contributed by atoms with E-state index in [-0.39, 0.29) is 42.5 Å². The Morgan fingerprint density at radius 2 is 1.16 bits per heavy atom. The monoisotopic (exact) mass is 678 g/mol. The fourth-order valence-corrected chi connectivity index (χ4v) is 4.41. The van der Waals surface area contributed by atoms with Crippen LogP contribution in [0.4, 0.5) is 0 Å². The van der Waals surface area contributed by atoms with Crippen LogP contribution in [0.5, 0.6) is 17.2 Å². The third kappa shape index (κ3) is 18.3. The molecule has 0 atom stereocenters. The van der Waals surface area contributed by atoms with Crippen LogP contribution in [0.1, 0.15) is 81.4 Å². The highest BCUT2D eigenvalue weighted by molar-refractivity contribution is 6.10. The number of ketones is 2. The van der Waals surface area contributed by atoms with Gasteiger partial charge in [-0.05, 0) is 92.5 Å². The summed E-state index contributed by atoms with van der Waals surface area (Å²) in [6, 6.07) is 9.51. The van der Waals surface area contributed by atoms with E-state index in [1.165, 1.54) is 31.4 Å². The predicted molar refractivity (Wildman–Crippen MR) is 203 cm³/mol. The van der Waals surface area contributed by atoms with Crippen LogP contribution in [0.2, 0.25) is 0 Å². The van der Waals surface area contributed by atoms with Crippen molar-refractivity contribution < 1.29 is 34.1 Å². The molecule has 0 fully saturated rings. The molecule has 0 heterocycles. The fourth-order valence-electron chi connectivity index (χ4n) is 4.41. The van der Waals surface area contributed by atoms with Gasteiger partial charge in [-0.15, -0.1) is 0 Å². The molecule has 2 aromatic rings. The maximum Gasteiger partial charge on any atom is 0.311 e. The van der Waals surface area contributed by atoms with Crippen LogP contribution in [-0.2, 0) is 21.0 Å². The van der Waals surface area contributed by atoms with Crippen LogP contribution in [0.25, 0.3) is 12.2 Å². The normalized spacial score (nSPS) is 12.4. The van der Waals surface area contributed by atoms with Gasteiger partial charge in [0.25, 0.3) is 0 Å². The lowest BCUT2D eigenvalue weighted by atomic mass is 10.1. The molecule has 50 heavy (non-hydrogen) atoms. The Morgan fingerprint density at radius 3 is 1.68 bits per heavy atom. The zero-order valence-electron chi connectivity index (χ0n) is 29.2. The summed E-state index contributed by atoms with van der Waals surface area (Å²) < 4.78 is 10.5. The molecule has 0 aliphatic heterocycles. The highest BCUT2D eigenvalue weighted by atomic mass is 16.5. The van der Waals surface area contributed by atoms with Gasteiger partial charge in [0.05, 0.1) is 20.1 Å². The number of aromatic hydroxyl groups is 1. The van der Waals surface area contributed by atoms with Gasteiger partial charge in [0, 0.05) is 12.0 Å². The third-order valence-electron chi connectivity index (χ3n) is 7.07. The molecule has 0 bridgehead atoms. The van der Waals surface area contributed by atoms with E-state index in [1.54, 1.807) is 36.4 Å². The first-order valence-electron chi connectivity index (χ1n) is 17.0. The Balaban J connectivity index is 1.67. The molecule has 7 heteroatoms. The Bertz CT molecular complexity index is 1600. The van der Waals surface area contributed by atoms with Crippen molar-refractivity contribution in [2.45, 2.75) is 71.3 Å². The van der Waals surface area contributed by atoms with E-state index in [4.69, 9.17) is 9.47 Å². The number of rotatable bonds is 23. The van der Waals surface area contributed by atoms with Crippen LogP contribution < -0.4 is 9.47 Å². The minimum atomic E-state index is -0.407. The van der Waals surface area contributed by atoms with Gasteiger partial charge in [0.15, 0.2) is 23.1 Å². The van der Waals surface area contributed by atoms with E-state index in [9.17, 15) is 24.6 Å². The number of hydrogen-bond donors (Lipinski definition) is 2. The van der Waals surface area contributed by atoms with Crippen molar-refractivity contribution >= 4 is 29.7 Å². The molecule has 0 aromatic heterocycles. The van der Waals surface area contributed by atoms with E-state index in [0.29, 0.717) is 23.1 Å². The fraction of sp³-hybridized carbons (Fsp3) is 0.279. The molecule has 0 spiro atoms. The molecule has 0 amide bonds. The van der Waals surface area contributed by atoms with Crippen LogP contribution in [-0.4, -0.2) is 34.9 Å². The highest BCUT2D eigenvalue weighted by Crippen LogP contribution is 2.27. The van der Waals surface area contributed by atoms with E-state index in [1.807, 2.05) is 12.2 Å². The predicted octanol–water partition coefficient (Wildman–Crippen LogP) is 9.53. The molecule has 0 saturated carbocycles. The summed E-state index contributed by atoms with van der Waals surface area (Å²) in [6.07, 6.45) is 37.3. The Kier molecular flexibility index (Phi) is 21.0. The summed E-state index contributed by atoms with van der Waals surface area (Å²) in [6.45, 7) is 1.79. The standard InChI is InChI=1S/C43H50O7/c1-3-4-5-6-7-8-9-10-11-12-13-14-15-16-17-18-19-20-21-22-43(48)50-41-30-26-35(31-37(41)34-44)23-27-38(45)33-39(46)28-24-36-25-29-40(47)42(32-36)49-2/h4-5,7-8,10-11,13-14,16-17,19-20,23-32,44,47H,3,6,9,12,15,18,21-22,33-34H2,1-2H3/b5-4-,8-7-,11-10-,14-13-,17-16-,20-19-,27-23+,28-24+. The second-order valence-corrected chi connectivity index (χ2v) is 11.2. The number of benzene rings is 2. The van der Waals surface area contributed by atoms with Gasteiger partial charge in [-0.1, -0.05) is 104 Å². The Hall–Kier alpha value is -5.27. The van der Waals surface area contributed by atoms with Crippen LogP contribution in [0.3, 0.4) is 0 Å². The number of ether oxygens (including phenoxy) is 2. The first kappa shape index (κ1) is 40.9. The van der Waals surface area contributed by atoms with Gasteiger partial charge < -0.3 is 19.7 Å². The molecule has 7 nitrogen and oxygen atoms in total. The van der Waals surface area contributed by atoms with Gasteiger partial charge in [-0.3, -0.25) is 14.4 Å². The summed E-state index contributed by atoms with van der Waals surface area (Å²) in [5.74, 6) is -0.649. The molecular weight excluding hydrogens is 628 g/mol. The summed E-state index contributed by atoms with van der Waals surface area (Å²) in [5, 5.41) is 19.5. The smallest absolute Gasteiger partial charge is 0.311 e. The van der Waals surface area contributed by atoms with E-state index in [2.05, 4.69) is 67.7 Å². The number of carbonyl (C=O) groups excluding carboxylic acids is 3. The second kappa shape index (κ2) is 25.7. The minimum Gasteiger partial charge on any atom is -0.504 e. The van der Waals surface area contributed by atoms with E-state index < -0.39 is 11.8 Å². The molecule has 0 aliphatic rings. The number of aliphatic hydroxyl groups excluding tert-OH is 1. The number of methoxy groups -OCH3 is 1. The zero-order valence-corrected chi connectivity index (χ0v) is 29.2. The van der Waals surface area contributed by atoms with Crippen molar-refractivity contribution in [1.29, 1.82) is 0 Å². The molecule has 2 N–H and O–H groups in total. The van der Waals surface area contributed by atoms with Crippen molar-refractivity contribution in [1.82, 2.24) is 0 Å². The summed E-state index contributed by atoms with van der Waals surface area (Å²) >= 11 is 0. The number of phenols is 1. The number of phenolic OH excluding ortho intramolecular Hbond substituents is 1. The molecule has 0 radical (unpaired) electrons. The number of esters is 1. The summed E-state index contributed by atoms with van der Waals surface area (Å²) in [4.78, 5) is 36.9. The van der Waals surface area contributed by atoms with Crippen molar-refractivity contribution in [3.05, 3.63) is 138 Å². The van der Waals surface area contributed by atoms with Crippen molar-refractivity contribution in [2.75, 3.05) is 7.11 Å². The third-order valence-corrected chi connectivity index (χ3v) is 7.07. The number of carbonyl (C=O) groups is 3. The summed E-state index contributed by atoms with van der Waals surface area (Å²) in [7, 11) is 1.43. The quantitative estimate of drug-likeness (QED) is 0.0396. The zero-order chi connectivity index (χ0) is 36.2. The number of aliphatic hydroxyl groups is 1. The van der Waals surface area contributed by atoms with Crippen LogP contribution in [0.15, 0.2) is 121 Å². The van der Waals surface area contributed by atoms with Crippen molar-refractivity contribution in [2.24, 2.45) is 0 Å². The van der Waals surface area contributed by atoms with Gasteiger partial charge >= 0.3 is 5.97 Å². The minimum absolute atomic E-state index is 0.0105. The lowest BCUT2D eigenvalue weighted by Crippen LogP contribution is -2.09. The molecular formula is C43H50O7. The van der Waals surface area contributed by atoms with Gasteiger partial charge in [-0.25, -0.2) is 0 Å². The van der Waals surface area contributed by atoms with Gasteiger partial charge in [0.1, 0.15) is 5.75 Å². The first-order chi connectivity index (χ1) is 24.4. The van der Waals surface area contributed by atoms with Crippen LogP contribution >= 0.6 is 0 Å². The Labute approximate surface area is 297 Å². The summed E-state index contributed by atoms with van der Waals surface area (Å²) in [5.41, 5.74) is 1.66. The molecule has 2 rings (SSSR count). The van der Waals surface area contributed by atoms with Crippen molar-refractivity contribution in [3.63, 3.8) is 0 Å². The lowest BCUT2D eigenvalue weighted by molar-refractivity contribution is -0.134. The first-order valence-corrected chi connectivity index (χ1v) is 17.0. The van der Waals surface area contributed by atoms with Gasteiger partial charge in [-0.2, -0.15) is 0 Å². The lowest BCUT2D eigenvalue weighted by Gasteiger charge is -2.09. The number of hydrogen-bond acceptors (Lipinski definition) is 7. The van der Waals surface area contributed by atoms with Gasteiger partial charge in [0.2, 0.25) is 0 Å². The molecule has 2 aromatic carbocycles. The van der Waals surface area contributed by atoms with E-state index in [0.717, 1.165) is 38.5 Å². The van der Waals surface area contributed by atoms with Crippen molar-refractivity contribution in [3.8, 4) is 17.2 Å². The average molecular weight is 679 g/mol. The largest absolute Gasteiger partial charge is 0.504 e. The SMILES string of the molecule is CC/C=C\C/C=C\C/C=C\C/C=C\C/C=C\C/C=C\CCC(=O)Oc1ccc(/C=C/C(=O)CC(=O)/C=C/c2ccc(O)c(OC)c2)cc1CO. The molecule has 264 valence electrons. The van der Waals surface area contributed by atoms with E-state index >= 15 is 0 Å². The Morgan fingerprint density at radius 1 is 0.660 bits per heavy atom. The number of allylic oxidation sites excluding steroid dienone is 14. The molecule has 0 saturated heterocycles.